The quantitative estimate of drug-likeness (QED) is 0.648. The van der Waals surface area contributed by atoms with Gasteiger partial charge in [0.1, 0.15) is 0 Å². The van der Waals surface area contributed by atoms with Crippen molar-refractivity contribution in [3.63, 3.8) is 0 Å². The Bertz CT molecular complexity index is 918. The third kappa shape index (κ3) is 5.10. The lowest BCUT2D eigenvalue weighted by Crippen LogP contribution is -2.25. The van der Waals surface area contributed by atoms with E-state index >= 15 is 0 Å². The second-order valence-corrected chi connectivity index (χ2v) is 7.20. The zero-order valence-electron chi connectivity index (χ0n) is 16.3. The summed E-state index contributed by atoms with van der Waals surface area (Å²) in [5, 5.41) is 14.5. The number of carbonyl (C=O) groups is 1. The van der Waals surface area contributed by atoms with Gasteiger partial charge in [-0.05, 0) is 49.2 Å². The van der Waals surface area contributed by atoms with Crippen LogP contribution in [0.5, 0.6) is 0 Å². The van der Waals surface area contributed by atoms with Gasteiger partial charge in [-0.3, -0.25) is 0 Å². The van der Waals surface area contributed by atoms with Crippen LogP contribution in [0.2, 0.25) is 0 Å². The van der Waals surface area contributed by atoms with E-state index in [1.807, 2.05) is 66.7 Å². The topological polar surface area (TPSA) is 70.2 Å². The minimum atomic E-state index is -0.273. The van der Waals surface area contributed by atoms with Crippen molar-refractivity contribution in [3.8, 4) is 11.3 Å². The van der Waals surface area contributed by atoms with E-state index in [2.05, 4.69) is 25.7 Å². The van der Waals surface area contributed by atoms with Crippen molar-refractivity contribution in [3.05, 3.63) is 66.7 Å². The second-order valence-electron chi connectivity index (χ2n) is 7.20. The van der Waals surface area contributed by atoms with Crippen LogP contribution < -0.4 is 15.5 Å². The molecule has 1 aromatic heterocycles. The first-order valence-corrected chi connectivity index (χ1v) is 10.1. The van der Waals surface area contributed by atoms with E-state index in [0.717, 1.165) is 41.5 Å². The number of anilines is 3. The number of hydrogen-bond acceptors (Lipinski definition) is 4. The molecular weight excluding hydrogens is 362 g/mol. The average molecular weight is 387 g/mol. The van der Waals surface area contributed by atoms with Crippen molar-refractivity contribution in [1.29, 1.82) is 0 Å². The Morgan fingerprint density at radius 2 is 1.38 bits per heavy atom. The lowest BCUT2D eigenvalue weighted by atomic mass is 10.1. The van der Waals surface area contributed by atoms with Crippen molar-refractivity contribution in [1.82, 2.24) is 10.2 Å². The van der Waals surface area contributed by atoms with E-state index in [9.17, 15) is 4.79 Å². The maximum atomic E-state index is 12.1. The molecule has 1 saturated heterocycles. The first-order chi connectivity index (χ1) is 14.3. The van der Waals surface area contributed by atoms with Crippen LogP contribution in [-0.2, 0) is 0 Å². The summed E-state index contributed by atoms with van der Waals surface area (Å²) in [7, 11) is 0. The molecule has 29 heavy (non-hydrogen) atoms. The van der Waals surface area contributed by atoms with E-state index in [0.29, 0.717) is 0 Å². The monoisotopic (exact) mass is 387 g/mol. The molecule has 6 heteroatoms. The van der Waals surface area contributed by atoms with E-state index in [1.165, 1.54) is 25.7 Å². The molecular formula is C23H25N5O. The summed E-state index contributed by atoms with van der Waals surface area (Å²) < 4.78 is 0. The number of hydrogen-bond donors (Lipinski definition) is 2. The molecule has 2 aromatic carbocycles. The number of rotatable bonds is 4. The predicted molar refractivity (Wildman–Crippen MR) is 117 cm³/mol. The fraction of sp³-hybridized carbons (Fsp3) is 0.261. The average Bonchev–Trinajstić information content (AvgIpc) is 3.05. The van der Waals surface area contributed by atoms with Crippen LogP contribution in [-0.4, -0.2) is 29.3 Å². The highest BCUT2D eigenvalue weighted by atomic mass is 16.2. The van der Waals surface area contributed by atoms with E-state index in [4.69, 9.17) is 0 Å². The smallest absolute Gasteiger partial charge is 0.323 e. The Balaban J connectivity index is 1.37. The minimum absolute atomic E-state index is 0.273. The number of amides is 2. The second kappa shape index (κ2) is 9.19. The molecule has 0 aliphatic carbocycles. The lowest BCUT2D eigenvalue weighted by molar-refractivity contribution is 0.262. The summed E-state index contributed by atoms with van der Waals surface area (Å²) in [6.07, 6.45) is 5.03. The zero-order valence-corrected chi connectivity index (χ0v) is 16.3. The molecule has 148 valence electrons. The van der Waals surface area contributed by atoms with Crippen LogP contribution in [0.3, 0.4) is 0 Å². The highest BCUT2D eigenvalue weighted by Gasteiger charge is 2.12. The molecule has 4 rings (SSSR count). The van der Waals surface area contributed by atoms with E-state index < -0.39 is 0 Å². The van der Waals surface area contributed by atoms with Crippen LogP contribution >= 0.6 is 0 Å². The largest absolute Gasteiger partial charge is 0.355 e. The van der Waals surface area contributed by atoms with Crippen LogP contribution in [0.15, 0.2) is 66.7 Å². The number of benzene rings is 2. The molecule has 0 bridgehead atoms. The summed E-state index contributed by atoms with van der Waals surface area (Å²) in [6.45, 7) is 2.11. The Morgan fingerprint density at radius 3 is 2.00 bits per heavy atom. The Labute approximate surface area is 171 Å². The van der Waals surface area contributed by atoms with Gasteiger partial charge < -0.3 is 15.5 Å². The van der Waals surface area contributed by atoms with Gasteiger partial charge in [0.2, 0.25) is 0 Å². The molecule has 1 fully saturated rings. The molecule has 0 radical (unpaired) electrons. The Kier molecular flexibility index (Phi) is 6.00. The standard InChI is InChI=1S/C23H25N5O/c29-23(24-19-8-4-3-5-9-19)25-20-12-10-18(11-13-20)21-14-15-22(27-26-21)28-16-6-1-2-7-17-28/h3-5,8-15H,1-2,6-7,16-17H2,(H2,24,25,29). The molecule has 6 nitrogen and oxygen atoms in total. The molecule has 0 spiro atoms. The van der Waals surface area contributed by atoms with Crippen molar-refractivity contribution in [2.75, 3.05) is 28.6 Å². The number of nitrogens with zero attached hydrogens (tertiary/aromatic N) is 3. The highest BCUT2D eigenvalue weighted by molar-refractivity contribution is 5.99. The van der Waals surface area contributed by atoms with Gasteiger partial charge in [0.05, 0.1) is 5.69 Å². The van der Waals surface area contributed by atoms with E-state index in [1.54, 1.807) is 0 Å². The van der Waals surface area contributed by atoms with Crippen molar-refractivity contribution < 1.29 is 4.79 Å². The molecule has 0 saturated carbocycles. The maximum absolute atomic E-state index is 12.1. The summed E-state index contributed by atoms with van der Waals surface area (Å²) in [5.74, 6) is 0.950. The maximum Gasteiger partial charge on any atom is 0.323 e. The molecule has 0 unspecified atom stereocenters. The third-order valence-corrected chi connectivity index (χ3v) is 5.05. The van der Waals surface area contributed by atoms with Crippen LogP contribution in [0.1, 0.15) is 25.7 Å². The fourth-order valence-electron chi connectivity index (χ4n) is 3.49. The molecule has 2 amide bonds. The third-order valence-electron chi connectivity index (χ3n) is 5.05. The van der Waals surface area contributed by atoms with Gasteiger partial charge in [-0.25, -0.2) is 4.79 Å². The van der Waals surface area contributed by atoms with Crippen LogP contribution in [0.4, 0.5) is 22.0 Å². The van der Waals surface area contributed by atoms with Gasteiger partial charge in [-0.2, -0.15) is 0 Å². The molecule has 3 aromatic rings. The fourth-order valence-corrected chi connectivity index (χ4v) is 3.49. The molecule has 1 aliphatic heterocycles. The highest BCUT2D eigenvalue weighted by Crippen LogP contribution is 2.22. The molecule has 2 N–H and O–H groups in total. The summed E-state index contributed by atoms with van der Waals surface area (Å²) in [4.78, 5) is 14.4. The lowest BCUT2D eigenvalue weighted by Gasteiger charge is -2.20. The van der Waals surface area contributed by atoms with Gasteiger partial charge in [-0.1, -0.05) is 43.2 Å². The number of carbonyl (C=O) groups excluding carboxylic acids is 1. The van der Waals surface area contributed by atoms with Gasteiger partial charge in [0.15, 0.2) is 5.82 Å². The number of nitrogens with one attached hydrogen (secondary N) is 2. The summed E-state index contributed by atoms with van der Waals surface area (Å²) >= 11 is 0. The Morgan fingerprint density at radius 1 is 0.724 bits per heavy atom. The first-order valence-electron chi connectivity index (χ1n) is 10.1. The zero-order chi connectivity index (χ0) is 19.9. The van der Waals surface area contributed by atoms with Gasteiger partial charge >= 0.3 is 6.03 Å². The number of para-hydroxylation sites is 1. The normalized spacial score (nSPS) is 14.1. The van der Waals surface area contributed by atoms with Crippen molar-refractivity contribution in [2.24, 2.45) is 0 Å². The predicted octanol–water partition coefficient (Wildman–Crippen LogP) is 5.17. The van der Waals surface area contributed by atoms with Crippen LogP contribution in [0.25, 0.3) is 11.3 Å². The van der Waals surface area contributed by atoms with Crippen molar-refractivity contribution >= 4 is 23.2 Å². The molecule has 1 aliphatic rings. The first kappa shape index (κ1) is 18.9. The van der Waals surface area contributed by atoms with Crippen molar-refractivity contribution in [2.45, 2.75) is 25.7 Å². The minimum Gasteiger partial charge on any atom is -0.355 e. The molecule has 2 heterocycles. The van der Waals surface area contributed by atoms with Gasteiger partial charge in [0.25, 0.3) is 0 Å². The summed E-state index contributed by atoms with van der Waals surface area (Å²) in [5.41, 5.74) is 3.26. The van der Waals surface area contributed by atoms with Crippen LogP contribution in [0, 0.1) is 0 Å². The number of aromatic nitrogens is 2. The summed E-state index contributed by atoms with van der Waals surface area (Å²) in [6, 6.07) is 20.7. The Hall–Kier alpha value is -3.41. The SMILES string of the molecule is O=C(Nc1ccccc1)Nc1ccc(-c2ccc(N3CCCCCC3)nn2)cc1. The van der Waals surface area contributed by atoms with Gasteiger partial charge in [-0.15, -0.1) is 10.2 Å². The number of urea groups is 1. The molecule has 0 atom stereocenters. The van der Waals surface area contributed by atoms with E-state index in [-0.39, 0.29) is 6.03 Å². The van der Waals surface area contributed by atoms with Gasteiger partial charge in [0, 0.05) is 30.0 Å².